The summed E-state index contributed by atoms with van der Waals surface area (Å²) in [6.07, 6.45) is 2.14. The maximum absolute atomic E-state index is 12.7. The fourth-order valence-corrected chi connectivity index (χ4v) is 4.34. The highest BCUT2D eigenvalue weighted by Gasteiger charge is 2.21. The van der Waals surface area contributed by atoms with Gasteiger partial charge in [0.2, 0.25) is 11.8 Å². The quantitative estimate of drug-likeness (QED) is 0.610. The van der Waals surface area contributed by atoms with E-state index in [0.717, 1.165) is 42.5 Å². The van der Waals surface area contributed by atoms with Crippen molar-refractivity contribution < 1.29 is 9.59 Å². The van der Waals surface area contributed by atoms with Crippen molar-refractivity contribution >= 4 is 34.6 Å². The topological polar surface area (TPSA) is 67.2 Å². The first-order valence-corrected chi connectivity index (χ1v) is 10.9. The average molecular weight is 409 g/mol. The predicted octanol–water partition coefficient (Wildman–Crippen LogP) is 3.07. The lowest BCUT2D eigenvalue weighted by molar-refractivity contribution is -0.130. The molecule has 2 aromatic carbocycles. The Labute approximate surface area is 174 Å². The molecule has 150 valence electrons. The van der Waals surface area contributed by atoms with Crippen LogP contribution in [0, 0.1) is 0 Å². The minimum atomic E-state index is -0.0525. The number of aromatic nitrogens is 2. The number of amides is 2. The molecule has 7 heteroatoms. The first-order valence-electron chi connectivity index (χ1n) is 9.87. The molecule has 6 nitrogen and oxygen atoms in total. The zero-order chi connectivity index (χ0) is 20.1. The number of fused-ring (bicyclic) bond motifs is 1. The Morgan fingerprint density at radius 2 is 1.72 bits per heavy atom. The van der Waals surface area contributed by atoms with Crippen LogP contribution in [0.1, 0.15) is 18.4 Å². The van der Waals surface area contributed by atoms with Crippen LogP contribution in [0.3, 0.4) is 0 Å². The second-order valence-electron chi connectivity index (χ2n) is 7.11. The number of carbonyl (C=O) groups is 2. The standard InChI is InChI=1S/C22H24N4O2S/c27-20(23-14-17-8-2-1-3-9-17)16-29-22-24-18-10-4-5-11-19(18)26(22)15-21(28)25-12-6-7-13-25/h1-5,8-11H,6-7,12-16H2,(H,23,27). The van der Waals surface area contributed by atoms with Crippen LogP contribution in [0.4, 0.5) is 0 Å². The number of imidazole rings is 1. The molecular formula is C22H24N4O2S. The molecule has 2 amide bonds. The van der Waals surface area contributed by atoms with E-state index < -0.39 is 0 Å². The van der Waals surface area contributed by atoms with Crippen LogP contribution >= 0.6 is 11.8 Å². The molecular weight excluding hydrogens is 384 g/mol. The molecule has 0 aliphatic carbocycles. The highest BCUT2D eigenvalue weighted by Crippen LogP contribution is 2.24. The summed E-state index contributed by atoms with van der Waals surface area (Å²) in [5.74, 6) is 0.318. The summed E-state index contributed by atoms with van der Waals surface area (Å²) in [6.45, 7) is 2.42. The van der Waals surface area contributed by atoms with Crippen LogP contribution in [-0.2, 0) is 22.7 Å². The Hall–Kier alpha value is -2.80. The summed E-state index contributed by atoms with van der Waals surface area (Å²) < 4.78 is 1.94. The average Bonchev–Trinajstić information content (AvgIpc) is 3.40. The molecule has 0 bridgehead atoms. The number of thioether (sulfide) groups is 1. The molecule has 0 atom stereocenters. The molecule has 4 rings (SSSR count). The molecule has 1 fully saturated rings. The van der Waals surface area contributed by atoms with Gasteiger partial charge in [0.25, 0.3) is 0 Å². The fraction of sp³-hybridized carbons (Fsp3) is 0.318. The monoisotopic (exact) mass is 408 g/mol. The second kappa shape index (κ2) is 9.13. The number of benzene rings is 2. The van der Waals surface area contributed by atoms with E-state index in [2.05, 4.69) is 10.3 Å². The third-order valence-electron chi connectivity index (χ3n) is 5.04. The third-order valence-corrected chi connectivity index (χ3v) is 6.01. The van der Waals surface area contributed by atoms with E-state index in [1.54, 1.807) is 0 Å². The van der Waals surface area contributed by atoms with Gasteiger partial charge in [-0.1, -0.05) is 54.2 Å². The summed E-state index contributed by atoms with van der Waals surface area (Å²) in [5, 5.41) is 3.64. The van der Waals surface area contributed by atoms with Crippen LogP contribution < -0.4 is 5.32 Å². The van der Waals surface area contributed by atoms with Gasteiger partial charge in [-0.15, -0.1) is 0 Å². The third kappa shape index (κ3) is 4.79. The lowest BCUT2D eigenvalue weighted by atomic mass is 10.2. The van der Waals surface area contributed by atoms with Crippen molar-refractivity contribution in [1.29, 1.82) is 0 Å². The van der Waals surface area contributed by atoms with Crippen molar-refractivity contribution in [3.05, 3.63) is 60.2 Å². The molecule has 0 unspecified atom stereocenters. The Bertz CT molecular complexity index is 996. The number of rotatable bonds is 7. The first kappa shape index (κ1) is 19.5. The van der Waals surface area contributed by atoms with E-state index in [9.17, 15) is 9.59 Å². The first-order chi connectivity index (χ1) is 14.2. The van der Waals surface area contributed by atoms with Gasteiger partial charge in [-0.3, -0.25) is 9.59 Å². The van der Waals surface area contributed by atoms with Crippen molar-refractivity contribution in [3.8, 4) is 0 Å². The van der Waals surface area contributed by atoms with E-state index in [1.165, 1.54) is 11.8 Å². The summed E-state index contributed by atoms with van der Waals surface area (Å²) in [5.41, 5.74) is 2.83. The zero-order valence-corrected chi connectivity index (χ0v) is 17.0. The van der Waals surface area contributed by atoms with Crippen molar-refractivity contribution in [1.82, 2.24) is 19.8 Å². The normalized spacial score (nSPS) is 13.7. The van der Waals surface area contributed by atoms with Crippen molar-refractivity contribution in [2.24, 2.45) is 0 Å². The zero-order valence-electron chi connectivity index (χ0n) is 16.2. The summed E-state index contributed by atoms with van der Waals surface area (Å²) in [4.78, 5) is 31.6. The van der Waals surface area contributed by atoms with Crippen molar-refractivity contribution in [2.75, 3.05) is 18.8 Å². The Kier molecular flexibility index (Phi) is 6.14. The van der Waals surface area contributed by atoms with Gasteiger partial charge in [-0.05, 0) is 30.5 Å². The number of likely N-dealkylation sites (tertiary alicyclic amines) is 1. The Morgan fingerprint density at radius 1 is 1.00 bits per heavy atom. The summed E-state index contributed by atoms with van der Waals surface area (Å²) in [7, 11) is 0. The Morgan fingerprint density at radius 3 is 2.52 bits per heavy atom. The number of hydrogen-bond acceptors (Lipinski definition) is 4. The number of carbonyl (C=O) groups excluding carboxylic acids is 2. The SMILES string of the molecule is O=C(CSc1nc2ccccc2n1CC(=O)N1CCCC1)NCc1ccccc1. The molecule has 0 saturated carbocycles. The van der Waals surface area contributed by atoms with Crippen LogP contribution in [0.15, 0.2) is 59.8 Å². The predicted molar refractivity (Wildman–Crippen MR) is 115 cm³/mol. The molecule has 0 spiro atoms. The van der Waals surface area contributed by atoms with Crippen LogP contribution in [0.2, 0.25) is 0 Å². The molecule has 1 aliphatic heterocycles. The Balaban J connectivity index is 1.43. The van der Waals surface area contributed by atoms with Gasteiger partial charge >= 0.3 is 0 Å². The molecule has 3 aromatic rings. The van der Waals surface area contributed by atoms with Gasteiger partial charge in [0.15, 0.2) is 5.16 Å². The van der Waals surface area contributed by atoms with Gasteiger partial charge in [0.05, 0.1) is 16.8 Å². The summed E-state index contributed by atoms with van der Waals surface area (Å²) >= 11 is 1.37. The van der Waals surface area contributed by atoms with Crippen LogP contribution in [0.5, 0.6) is 0 Å². The number of para-hydroxylation sites is 2. The summed E-state index contributed by atoms with van der Waals surface area (Å²) in [6, 6.07) is 17.6. The van der Waals surface area contributed by atoms with E-state index in [1.807, 2.05) is 64.1 Å². The molecule has 1 aromatic heterocycles. The highest BCUT2D eigenvalue weighted by atomic mass is 32.2. The minimum Gasteiger partial charge on any atom is -0.351 e. The molecule has 1 saturated heterocycles. The second-order valence-corrected chi connectivity index (χ2v) is 8.05. The lowest BCUT2D eigenvalue weighted by Crippen LogP contribution is -2.31. The smallest absolute Gasteiger partial charge is 0.242 e. The molecule has 29 heavy (non-hydrogen) atoms. The fourth-order valence-electron chi connectivity index (χ4n) is 3.50. The largest absolute Gasteiger partial charge is 0.351 e. The molecule has 0 radical (unpaired) electrons. The van der Waals surface area contributed by atoms with Crippen LogP contribution in [0.25, 0.3) is 11.0 Å². The van der Waals surface area contributed by atoms with Gasteiger partial charge in [0.1, 0.15) is 6.54 Å². The van der Waals surface area contributed by atoms with E-state index >= 15 is 0 Å². The van der Waals surface area contributed by atoms with Gasteiger partial charge in [-0.2, -0.15) is 0 Å². The van der Waals surface area contributed by atoms with E-state index in [-0.39, 0.29) is 24.1 Å². The van der Waals surface area contributed by atoms with E-state index in [4.69, 9.17) is 0 Å². The van der Waals surface area contributed by atoms with Gasteiger partial charge < -0.3 is 14.8 Å². The number of hydrogen-bond donors (Lipinski definition) is 1. The van der Waals surface area contributed by atoms with Crippen molar-refractivity contribution in [2.45, 2.75) is 31.1 Å². The molecule has 2 heterocycles. The number of nitrogens with one attached hydrogen (secondary N) is 1. The molecule has 1 N–H and O–H groups in total. The maximum atomic E-state index is 12.7. The van der Waals surface area contributed by atoms with Crippen molar-refractivity contribution in [3.63, 3.8) is 0 Å². The highest BCUT2D eigenvalue weighted by molar-refractivity contribution is 7.99. The van der Waals surface area contributed by atoms with Gasteiger partial charge in [-0.25, -0.2) is 4.98 Å². The molecule has 1 aliphatic rings. The number of nitrogens with zero attached hydrogens (tertiary/aromatic N) is 3. The minimum absolute atomic E-state index is 0.0525. The van der Waals surface area contributed by atoms with Gasteiger partial charge in [0, 0.05) is 19.6 Å². The lowest BCUT2D eigenvalue weighted by Gasteiger charge is -2.17. The van der Waals surface area contributed by atoms with Crippen LogP contribution in [-0.4, -0.2) is 45.1 Å². The maximum Gasteiger partial charge on any atom is 0.242 e. The van der Waals surface area contributed by atoms with E-state index in [0.29, 0.717) is 11.7 Å².